The summed E-state index contributed by atoms with van der Waals surface area (Å²) < 4.78 is 12.8. The summed E-state index contributed by atoms with van der Waals surface area (Å²) in [6.45, 7) is 5.99. The van der Waals surface area contributed by atoms with Crippen molar-refractivity contribution in [2.24, 2.45) is 0 Å². The van der Waals surface area contributed by atoms with E-state index in [1.54, 1.807) is 12.0 Å². The summed E-state index contributed by atoms with van der Waals surface area (Å²) in [7, 11) is 1.62. The summed E-state index contributed by atoms with van der Waals surface area (Å²) in [5.74, 6) is 1.34. The Morgan fingerprint density at radius 1 is 1.31 bits per heavy atom. The highest BCUT2D eigenvalue weighted by molar-refractivity contribution is 9.10. The maximum Gasteiger partial charge on any atom is 0.325 e. The third kappa shape index (κ3) is 2.55. The van der Waals surface area contributed by atoms with Gasteiger partial charge in [-0.3, -0.25) is 4.90 Å². The number of urea groups is 1. The number of nitrogens with zero attached hydrogens (tertiary/aromatic N) is 1. The molecule has 2 atom stereocenters. The van der Waals surface area contributed by atoms with Crippen molar-refractivity contribution in [2.45, 2.75) is 39.0 Å². The van der Waals surface area contributed by atoms with Gasteiger partial charge in [0, 0.05) is 16.5 Å². The number of nitrogens with one attached hydrogen (secondary N) is 1. The Balaban J connectivity index is 1.86. The summed E-state index contributed by atoms with van der Waals surface area (Å²) in [6.07, 6.45) is 0.652. The van der Waals surface area contributed by atoms with Crippen LogP contribution >= 0.6 is 15.9 Å². The fourth-order valence-corrected chi connectivity index (χ4v) is 4.33. The Hall–Kier alpha value is -2.21. The molecular formula is C20H21BrN2O3. The van der Waals surface area contributed by atoms with Crippen molar-refractivity contribution in [1.29, 1.82) is 0 Å². The molecule has 2 aliphatic rings. The fraction of sp³-hybridized carbons (Fsp3) is 0.350. The minimum atomic E-state index is -0.792. The van der Waals surface area contributed by atoms with Crippen LogP contribution < -0.4 is 19.7 Å². The monoisotopic (exact) mass is 416 g/mol. The van der Waals surface area contributed by atoms with Crippen molar-refractivity contribution >= 4 is 27.6 Å². The Kier molecular flexibility index (Phi) is 3.91. The van der Waals surface area contributed by atoms with Gasteiger partial charge in [-0.25, -0.2) is 4.79 Å². The topological polar surface area (TPSA) is 50.8 Å². The lowest BCUT2D eigenvalue weighted by Gasteiger charge is -2.51. The van der Waals surface area contributed by atoms with Crippen LogP contribution in [0.25, 0.3) is 0 Å². The predicted molar refractivity (Wildman–Crippen MR) is 104 cm³/mol. The minimum absolute atomic E-state index is 0.121. The van der Waals surface area contributed by atoms with Gasteiger partial charge in [0.25, 0.3) is 0 Å². The highest BCUT2D eigenvalue weighted by Gasteiger charge is 2.51. The molecule has 2 heterocycles. The van der Waals surface area contributed by atoms with Crippen molar-refractivity contribution in [2.75, 3.05) is 12.0 Å². The number of ether oxygens (including phenoxy) is 2. The van der Waals surface area contributed by atoms with E-state index in [1.807, 2.05) is 51.1 Å². The average molecular weight is 417 g/mol. The first kappa shape index (κ1) is 17.2. The van der Waals surface area contributed by atoms with E-state index in [0.717, 1.165) is 26.9 Å². The van der Waals surface area contributed by atoms with Crippen LogP contribution in [0.5, 0.6) is 11.5 Å². The Labute approximate surface area is 161 Å². The number of anilines is 1. The van der Waals surface area contributed by atoms with Gasteiger partial charge in [-0.05, 0) is 50.1 Å². The van der Waals surface area contributed by atoms with Crippen LogP contribution in [0, 0.1) is 13.8 Å². The first-order valence-corrected chi connectivity index (χ1v) is 9.36. The van der Waals surface area contributed by atoms with Gasteiger partial charge < -0.3 is 14.8 Å². The van der Waals surface area contributed by atoms with Crippen molar-refractivity contribution in [1.82, 2.24) is 5.32 Å². The van der Waals surface area contributed by atoms with Crippen LogP contribution in [0.15, 0.2) is 34.8 Å². The molecule has 2 bridgehead atoms. The molecule has 2 amide bonds. The van der Waals surface area contributed by atoms with Crippen molar-refractivity contribution in [3.8, 4) is 11.5 Å². The van der Waals surface area contributed by atoms with E-state index in [2.05, 4.69) is 21.2 Å². The van der Waals surface area contributed by atoms with Crippen molar-refractivity contribution in [3.05, 3.63) is 51.5 Å². The molecule has 1 saturated heterocycles. The second-order valence-electron chi connectivity index (χ2n) is 7.14. The number of hydrogen-bond donors (Lipinski definition) is 1. The number of rotatable bonds is 2. The van der Waals surface area contributed by atoms with Crippen LogP contribution in [0.3, 0.4) is 0 Å². The number of aryl methyl sites for hydroxylation is 2. The van der Waals surface area contributed by atoms with E-state index in [9.17, 15) is 4.79 Å². The van der Waals surface area contributed by atoms with Crippen molar-refractivity contribution < 1.29 is 14.3 Å². The molecule has 0 unspecified atom stereocenters. The number of carbonyl (C=O) groups excluding carboxylic acids is 1. The molecule has 0 saturated carbocycles. The molecule has 0 spiro atoms. The number of amides is 2. The average Bonchev–Trinajstić information content (AvgIpc) is 2.57. The van der Waals surface area contributed by atoms with E-state index in [-0.39, 0.29) is 12.1 Å². The van der Waals surface area contributed by atoms with Gasteiger partial charge >= 0.3 is 6.03 Å². The quantitative estimate of drug-likeness (QED) is 0.761. The number of methoxy groups -OCH3 is 1. The third-order valence-electron chi connectivity index (χ3n) is 5.13. The summed E-state index contributed by atoms with van der Waals surface area (Å²) in [5, 5.41) is 3.13. The molecule has 0 radical (unpaired) electrons. The molecule has 26 heavy (non-hydrogen) atoms. The molecule has 136 valence electrons. The van der Waals surface area contributed by atoms with Gasteiger partial charge in [0.15, 0.2) is 17.2 Å². The zero-order valence-electron chi connectivity index (χ0n) is 15.2. The summed E-state index contributed by atoms with van der Waals surface area (Å²) in [4.78, 5) is 14.8. The Bertz CT molecular complexity index is 914. The lowest BCUT2D eigenvalue weighted by atomic mass is 9.89. The van der Waals surface area contributed by atoms with E-state index in [1.165, 1.54) is 0 Å². The smallest absolute Gasteiger partial charge is 0.325 e. The van der Waals surface area contributed by atoms with E-state index >= 15 is 0 Å². The van der Waals surface area contributed by atoms with Crippen LogP contribution in [-0.2, 0) is 0 Å². The standard InChI is InChI=1S/C20H21BrN2O3/c1-11-5-6-12(2)16(7-11)23-19(24)22-15-10-20(23,3)26-18-14(15)8-13(21)9-17(18)25-4/h5-9,15H,10H2,1-4H3,(H,22,24)/t15-,20+/m0/s1. The summed E-state index contributed by atoms with van der Waals surface area (Å²) in [6, 6.07) is 9.69. The van der Waals surface area contributed by atoms with Crippen LogP contribution in [0.2, 0.25) is 0 Å². The van der Waals surface area contributed by atoms with Crippen LogP contribution in [0.4, 0.5) is 10.5 Å². The number of carbonyl (C=O) groups is 1. The van der Waals surface area contributed by atoms with E-state index in [0.29, 0.717) is 17.9 Å². The fourth-order valence-electron chi connectivity index (χ4n) is 3.88. The van der Waals surface area contributed by atoms with Gasteiger partial charge in [-0.1, -0.05) is 28.1 Å². The predicted octanol–water partition coefficient (Wildman–Crippen LogP) is 4.84. The number of benzene rings is 2. The lowest BCUT2D eigenvalue weighted by molar-refractivity contribution is 0.0348. The molecule has 1 N–H and O–H groups in total. The molecular weight excluding hydrogens is 396 g/mol. The summed E-state index contributed by atoms with van der Waals surface area (Å²) >= 11 is 3.51. The molecule has 0 aromatic heterocycles. The molecule has 1 fully saturated rings. The molecule has 4 rings (SSSR count). The van der Waals surface area contributed by atoms with Crippen molar-refractivity contribution in [3.63, 3.8) is 0 Å². The van der Waals surface area contributed by atoms with Gasteiger partial charge in [0.1, 0.15) is 0 Å². The number of halogens is 1. The first-order chi connectivity index (χ1) is 12.3. The third-order valence-corrected chi connectivity index (χ3v) is 5.59. The maximum atomic E-state index is 13.0. The normalized spacial score (nSPS) is 23.8. The van der Waals surface area contributed by atoms with Gasteiger partial charge in [-0.2, -0.15) is 0 Å². The second kappa shape index (κ2) is 5.91. The van der Waals surface area contributed by atoms with E-state index < -0.39 is 5.72 Å². The van der Waals surface area contributed by atoms with Crippen LogP contribution in [0.1, 0.15) is 36.1 Å². The Morgan fingerprint density at radius 3 is 2.81 bits per heavy atom. The number of fused-ring (bicyclic) bond motifs is 4. The molecule has 0 aliphatic carbocycles. The highest BCUT2D eigenvalue weighted by atomic mass is 79.9. The second-order valence-corrected chi connectivity index (χ2v) is 8.05. The maximum absolute atomic E-state index is 13.0. The lowest BCUT2D eigenvalue weighted by Crippen LogP contribution is -2.65. The van der Waals surface area contributed by atoms with E-state index in [4.69, 9.17) is 9.47 Å². The molecule has 5 nitrogen and oxygen atoms in total. The molecule has 2 aliphatic heterocycles. The minimum Gasteiger partial charge on any atom is -0.493 e. The van der Waals surface area contributed by atoms with Gasteiger partial charge in [-0.15, -0.1) is 0 Å². The zero-order chi connectivity index (χ0) is 18.6. The Morgan fingerprint density at radius 2 is 2.08 bits per heavy atom. The molecule has 6 heteroatoms. The first-order valence-electron chi connectivity index (χ1n) is 8.57. The molecule has 2 aromatic rings. The van der Waals surface area contributed by atoms with Gasteiger partial charge in [0.2, 0.25) is 0 Å². The largest absolute Gasteiger partial charge is 0.493 e. The zero-order valence-corrected chi connectivity index (χ0v) is 16.8. The highest BCUT2D eigenvalue weighted by Crippen LogP contribution is 2.50. The molecule has 2 aromatic carbocycles. The summed E-state index contributed by atoms with van der Waals surface area (Å²) in [5.41, 5.74) is 3.13. The van der Waals surface area contributed by atoms with Crippen LogP contribution in [-0.4, -0.2) is 18.9 Å². The number of hydrogen-bond acceptors (Lipinski definition) is 3. The van der Waals surface area contributed by atoms with Gasteiger partial charge in [0.05, 0.1) is 18.8 Å². The SMILES string of the molecule is COc1cc(Br)cc2c1O[C@]1(C)C[C@@H]2NC(=O)N1c1cc(C)ccc1C.